The lowest BCUT2D eigenvalue weighted by molar-refractivity contribution is 0.111. The summed E-state index contributed by atoms with van der Waals surface area (Å²) in [7, 11) is 1.77. The Bertz CT molecular complexity index is 1590. The average Bonchev–Trinajstić information content (AvgIpc) is 3.70. The first-order valence-electron chi connectivity index (χ1n) is 13.4. The molecule has 38 heavy (non-hydrogen) atoms. The highest BCUT2D eigenvalue weighted by molar-refractivity contribution is 5.81. The molecule has 1 N–H and O–H groups in total. The summed E-state index contributed by atoms with van der Waals surface area (Å²) in [6.07, 6.45) is 4.98. The molecule has 1 aliphatic carbocycles. The van der Waals surface area contributed by atoms with E-state index in [1.807, 2.05) is 6.07 Å². The van der Waals surface area contributed by atoms with E-state index in [0.29, 0.717) is 5.82 Å². The van der Waals surface area contributed by atoms with Gasteiger partial charge in [0, 0.05) is 24.8 Å². The van der Waals surface area contributed by atoms with Gasteiger partial charge >= 0.3 is 0 Å². The van der Waals surface area contributed by atoms with Crippen molar-refractivity contribution in [2.24, 2.45) is 0 Å². The van der Waals surface area contributed by atoms with E-state index in [9.17, 15) is 0 Å². The van der Waals surface area contributed by atoms with Gasteiger partial charge in [0.2, 0.25) is 0 Å². The van der Waals surface area contributed by atoms with Crippen molar-refractivity contribution in [2.45, 2.75) is 65.0 Å². The maximum atomic E-state index is 5.47. The second kappa shape index (κ2) is 10.1. The summed E-state index contributed by atoms with van der Waals surface area (Å²) in [5, 5.41) is 14.6. The number of nitrogens with one attached hydrogen (secondary N) is 1. The number of H-pyrrole nitrogens is 1. The highest BCUT2D eigenvalue weighted by Gasteiger charge is 2.29. The van der Waals surface area contributed by atoms with Gasteiger partial charge in [-0.25, -0.2) is 15.1 Å². The number of methoxy groups -OCH3 is 1. The lowest BCUT2D eigenvalue weighted by atomic mass is 9.96. The van der Waals surface area contributed by atoms with Crippen LogP contribution in [0.25, 0.3) is 33.7 Å². The molecule has 6 rings (SSSR count). The molecule has 0 saturated heterocycles. The second-order valence-electron chi connectivity index (χ2n) is 10.2. The first kappa shape index (κ1) is 24.4. The molecule has 3 aromatic heterocycles. The quantitative estimate of drug-likeness (QED) is 0.292. The van der Waals surface area contributed by atoms with Crippen molar-refractivity contribution in [3.05, 3.63) is 76.7 Å². The SMILES string of the molecule is CCc1nc2c(C)cc(CCC(C)OC)nc2n1[C@H]1CCc2cc(-c3ccccc3-c3nnn[nH]3)ccc21. The van der Waals surface area contributed by atoms with Gasteiger partial charge in [0.1, 0.15) is 11.3 Å². The first-order chi connectivity index (χ1) is 18.6. The van der Waals surface area contributed by atoms with Crippen LogP contribution in [0.5, 0.6) is 0 Å². The molecule has 0 spiro atoms. The number of aryl methyl sites for hydroxylation is 4. The van der Waals surface area contributed by atoms with Crippen LogP contribution in [-0.4, -0.2) is 48.4 Å². The Kier molecular flexibility index (Phi) is 6.49. The number of aromatic amines is 1. The van der Waals surface area contributed by atoms with Crippen LogP contribution in [0.2, 0.25) is 0 Å². The Labute approximate surface area is 222 Å². The molecule has 0 fully saturated rings. The van der Waals surface area contributed by atoms with Crippen molar-refractivity contribution in [1.29, 1.82) is 0 Å². The molecule has 8 heteroatoms. The number of benzene rings is 2. The van der Waals surface area contributed by atoms with Crippen molar-refractivity contribution in [1.82, 2.24) is 35.2 Å². The summed E-state index contributed by atoms with van der Waals surface area (Å²) in [4.78, 5) is 10.2. The molecular weight excluding hydrogens is 474 g/mol. The minimum Gasteiger partial charge on any atom is -0.382 e. The van der Waals surface area contributed by atoms with Crippen molar-refractivity contribution >= 4 is 11.2 Å². The van der Waals surface area contributed by atoms with Gasteiger partial charge in [-0.3, -0.25) is 0 Å². The van der Waals surface area contributed by atoms with E-state index in [-0.39, 0.29) is 12.1 Å². The smallest absolute Gasteiger partial charge is 0.180 e. The highest BCUT2D eigenvalue weighted by Crippen LogP contribution is 2.40. The van der Waals surface area contributed by atoms with E-state index in [2.05, 4.69) is 88.4 Å². The van der Waals surface area contributed by atoms with Gasteiger partial charge in [0.25, 0.3) is 0 Å². The van der Waals surface area contributed by atoms with Gasteiger partial charge in [0.15, 0.2) is 11.5 Å². The fourth-order valence-corrected chi connectivity index (χ4v) is 5.75. The number of hydrogen-bond acceptors (Lipinski definition) is 6. The van der Waals surface area contributed by atoms with Crippen LogP contribution in [0.4, 0.5) is 0 Å². The lowest BCUT2D eigenvalue weighted by Crippen LogP contribution is -2.12. The number of ether oxygens (including phenoxy) is 1. The molecule has 0 saturated carbocycles. The van der Waals surface area contributed by atoms with Gasteiger partial charge in [-0.1, -0.05) is 49.4 Å². The molecule has 0 amide bonds. The summed E-state index contributed by atoms with van der Waals surface area (Å²) in [5.74, 6) is 1.77. The van der Waals surface area contributed by atoms with Crippen molar-refractivity contribution in [2.75, 3.05) is 7.11 Å². The third-order valence-electron chi connectivity index (χ3n) is 7.83. The zero-order valence-corrected chi connectivity index (χ0v) is 22.4. The Morgan fingerprint density at radius 2 is 1.95 bits per heavy atom. The molecule has 194 valence electrons. The Hall–Kier alpha value is -3.91. The molecule has 0 radical (unpaired) electrons. The zero-order chi connectivity index (χ0) is 26.2. The predicted molar refractivity (Wildman–Crippen MR) is 148 cm³/mol. The van der Waals surface area contributed by atoms with Crippen molar-refractivity contribution < 1.29 is 4.74 Å². The van der Waals surface area contributed by atoms with E-state index in [1.54, 1.807) is 7.11 Å². The fourth-order valence-electron chi connectivity index (χ4n) is 5.75. The number of rotatable bonds is 8. The maximum Gasteiger partial charge on any atom is 0.180 e. The first-order valence-corrected chi connectivity index (χ1v) is 13.4. The standard InChI is InChI=1S/C30H33N7O/c1-5-27-32-28-18(2)16-22(13-10-19(3)38-4)31-30(28)37(27)26-15-12-21-17-20(11-14-24(21)26)23-8-6-7-9-25(23)29-33-35-36-34-29/h6-9,11,14,16-17,19,26H,5,10,12-13,15H2,1-4H3,(H,33,34,35,36)/t19?,26-/m0/s1. The van der Waals surface area contributed by atoms with E-state index >= 15 is 0 Å². The monoisotopic (exact) mass is 507 g/mol. The Balaban J connectivity index is 1.40. The minimum absolute atomic E-state index is 0.213. The number of hydrogen-bond donors (Lipinski definition) is 1. The molecule has 1 aliphatic rings. The van der Waals surface area contributed by atoms with Crippen LogP contribution in [0, 0.1) is 6.92 Å². The van der Waals surface area contributed by atoms with E-state index in [0.717, 1.165) is 65.9 Å². The van der Waals surface area contributed by atoms with Crippen molar-refractivity contribution in [3.8, 4) is 22.5 Å². The maximum absolute atomic E-state index is 5.47. The molecule has 2 aromatic carbocycles. The summed E-state index contributed by atoms with van der Waals surface area (Å²) < 4.78 is 7.88. The Morgan fingerprint density at radius 1 is 1.11 bits per heavy atom. The average molecular weight is 508 g/mol. The van der Waals surface area contributed by atoms with Crippen LogP contribution in [0.15, 0.2) is 48.5 Å². The summed E-state index contributed by atoms with van der Waals surface area (Å²) in [5.41, 5.74) is 10.3. The van der Waals surface area contributed by atoms with Crippen LogP contribution < -0.4 is 0 Å². The number of tetrazole rings is 1. The number of fused-ring (bicyclic) bond motifs is 2. The summed E-state index contributed by atoms with van der Waals surface area (Å²) in [6.45, 7) is 6.44. The highest BCUT2D eigenvalue weighted by atomic mass is 16.5. The van der Waals surface area contributed by atoms with Crippen LogP contribution in [0.3, 0.4) is 0 Å². The van der Waals surface area contributed by atoms with Gasteiger partial charge < -0.3 is 9.30 Å². The minimum atomic E-state index is 0.213. The molecule has 1 unspecified atom stereocenters. The summed E-state index contributed by atoms with van der Waals surface area (Å²) in [6, 6.07) is 17.5. The summed E-state index contributed by atoms with van der Waals surface area (Å²) >= 11 is 0. The molecule has 0 aliphatic heterocycles. The second-order valence-corrected chi connectivity index (χ2v) is 10.2. The van der Waals surface area contributed by atoms with Gasteiger partial charge in [-0.2, -0.15) is 0 Å². The normalized spacial score (nSPS) is 15.7. The molecule has 3 heterocycles. The zero-order valence-electron chi connectivity index (χ0n) is 22.4. The predicted octanol–water partition coefficient (Wildman–Crippen LogP) is 5.65. The third-order valence-corrected chi connectivity index (χ3v) is 7.83. The van der Waals surface area contributed by atoms with E-state index < -0.39 is 0 Å². The van der Waals surface area contributed by atoms with Gasteiger partial charge in [-0.15, -0.1) is 5.10 Å². The van der Waals surface area contributed by atoms with E-state index in [1.165, 1.54) is 22.3 Å². The molecule has 0 bridgehead atoms. The largest absolute Gasteiger partial charge is 0.382 e. The molecule has 5 aromatic rings. The van der Waals surface area contributed by atoms with Crippen LogP contribution >= 0.6 is 0 Å². The fraction of sp³-hybridized carbons (Fsp3) is 0.367. The third kappa shape index (κ3) is 4.28. The number of nitrogens with zero attached hydrogens (tertiary/aromatic N) is 6. The topological polar surface area (TPSA) is 94.4 Å². The van der Waals surface area contributed by atoms with Crippen molar-refractivity contribution in [3.63, 3.8) is 0 Å². The van der Waals surface area contributed by atoms with Gasteiger partial charge in [-0.05, 0) is 83.8 Å². The molecule has 8 nitrogen and oxygen atoms in total. The van der Waals surface area contributed by atoms with Gasteiger partial charge in [0.05, 0.1) is 12.1 Å². The molecule has 2 atom stereocenters. The van der Waals surface area contributed by atoms with E-state index in [4.69, 9.17) is 14.7 Å². The molecular formula is C30H33N7O. The van der Waals surface area contributed by atoms with Crippen LogP contribution in [0.1, 0.15) is 60.9 Å². The number of aromatic nitrogens is 7. The Morgan fingerprint density at radius 3 is 2.71 bits per heavy atom. The number of pyridine rings is 1. The van der Waals surface area contributed by atoms with Crippen LogP contribution in [-0.2, 0) is 24.0 Å². The lowest BCUT2D eigenvalue weighted by Gasteiger charge is -2.18. The number of imidazole rings is 1.